The molecule has 2 fully saturated rings. The van der Waals surface area contributed by atoms with Crippen LogP contribution in [0.5, 0.6) is 11.5 Å². The largest absolute Gasteiger partial charge is 0.454 e. The molecule has 0 atom stereocenters. The molecule has 26 heavy (non-hydrogen) atoms. The van der Waals surface area contributed by atoms with Crippen LogP contribution in [0.4, 0.5) is 0 Å². The van der Waals surface area contributed by atoms with Gasteiger partial charge >= 0.3 is 0 Å². The van der Waals surface area contributed by atoms with Crippen molar-refractivity contribution >= 4 is 41.7 Å². The second-order valence-corrected chi connectivity index (χ2v) is 9.58. The summed E-state index contributed by atoms with van der Waals surface area (Å²) in [6.07, 6.45) is 2.41. The van der Waals surface area contributed by atoms with Gasteiger partial charge in [0.25, 0.3) is 0 Å². The summed E-state index contributed by atoms with van der Waals surface area (Å²) in [7, 11) is 1.89. The fraction of sp³-hybridized carbons (Fsp3) is 0.632. The molecule has 1 saturated carbocycles. The minimum atomic E-state index is 0. The van der Waals surface area contributed by atoms with Gasteiger partial charge in [-0.05, 0) is 44.4 Å². The van der Waals surface area contributed by atoms with Crippen molar-refractivity contribution in [3.63, 3.8) is 0 Å². The maximum atomic E-state index is 5.55. The van der Waals surface area contributed by atoms with E-state index in [0.29, 0.717) is 6.79 Å². The molecule has 1 N–H and O–H groups in total. The molecule has 0 aromatic heterocycles. The number of thioether (sulfide) groups is 1. The number of nitrogens with zero attached hydrogens (tertiary/aromatic N) is 2. The SMILES string of the molecule is CN=C(NCC1(c2ccc3c(c2)OCO3)CC1)N1CCSC(C)(C)C1.I. The average Bonchev–Trinajstić information content (AvgIpc) is 3.23. The number of nitrogens with one attached hydrogen (secondary N) is 1. The van der Waals surface area contributed by atoms with Gasteiger partial charge in [0.1, 0.15) is 0 Å². The number of halogens is 1. The highest BCUT2D eigenvalue weighted by molar-refractivity contribution is 14.0. The van der Waals surface area contributed by atoms with E-state index in [1.54, 1.807) is 0 Å². The van der Waals surface area contributed by atoms with Crippen LogP contribution in [0.15, 0.2) is 23.2 Å². The Morgan fingerprint density at radius 2 is 2.04 bits per heavy atom. The number of aliphatic imine (C=N–C) groups is 1. The van der Waals surface area contributed by atoms with Crippen molar-refractivity contribution in [3.8, 4) is 11.5 Å². The summed E-state index contributed by atoms with van der Waals surface area (Å²) >= 11 is 2.05. The zero-order valence-corrected chi connectivity index (χ0v) is 18.9. The summed E-state index contributed by atoms with van der Waals surface area (Å²) in [5.74, 6) is 3.92. The maximum absolute atomic E-state index is 5.55. The first-order valence-corrected chi connectivity index (χ1v) is 10.00. The summed E-state index contributed by atoms with van der Waals surface area (Å²) in [5.41, 5.74) is 1.55. The molecule has 3 aliphatic rings. The minimum absolute atomic E-state index is 0. The van der Waals surface area contributed by atoms with Crippen LogP contribution in [0.1, 0.15) is 32.3 Å². The van der Waals surface area contributed by atoms with E-state index in [0.717, 1.165) is 42.8 Å². The first kappa shape index (κ1) is 19.9. The van der Waals surface area contributed by atoms with Gasteiger partial charge in [-0.3, -0.25) is 4.99 Å². The summed E-state index contributed by atoms with van der Waals surface area (Å²) < 4.78 is 11.3. The molecule has 4 rings (SSSR count). The van der Waals surface area contributed by atoms with Crippen LogP contribution in [0.2, 0.25) is 0 Å². The highest BCUT2D eigenvalue weighted by Gasteiger charge is 2.45. The number of guanidine groups is 1. The van der Waals surface area contributed by atoms with Crippen molar-refractivity contribution in [1.29, 1.82) is 0 Å². The van der Waals surface area contributed by atoms with E-state index >= 15 is 0 Å². The summed E-state index contributed by atoms with van der Waals surface area (Å²) in [5, 5.41) is 3.64. The Bertz CT molecular complexity index is 691. The molecule has 1 aromatic rings. The molecule has 0 unspecified atom stereocenters. The standard InChI is InChI=1S/C19H27N3O2S.HI/c1-18(2)12-22(8-9-25-18)17(20-3)21-11-19(6-7-19)14-4-5-15-16(10-14)24-13-23-15;/h4-5,10H,6-9,11-13H2,1-3H3,(H,20,21);1H. The molecule has 2 heterocycles. The van der Waals surface area contributed by atoms with Crippen molar-refractivity contribution in [2.45, 2.75) is 36.9 Å². The first-order chi connectivity index (χ1) is 12.0. The third-order valence-electron chi connectivity index (χ3n) is 5.36. The van der Waals surface area contributed by atoms with Gasteiger partial charge in [-0.1, -0.05) is 6.07 Å². The minimum Gasteiger partial charge on any atom is -0.454 e. The van der Waals surface area contributed by atoms with E-state index < -0.39 is 0 Å². The van der Waals surface area contributed by atoms with Gasteiger partial charge in [0.15, 0.2) is 17.5 Å². The Morgan fingerprint density at radius 3 is 2.73 bits per heavy atom. The lowest BCUT2D eigenvalue weighted by atomic mass is 9.95. The highest BCUT2D eigenvalue weighted by Crippen LogP contribution is 2.50. The third-order valence-corrected chi connectivity index (χ3v) is 6.66. The molecule has 0 spiro atoms. The second kappa shape index (κ2) is 7.66. The van der Waals surface area contributed by atoms with Crippen LogP contribution in [0, 0.1) is 0 Å². The third kappa shape index (κ3) is 4.03. The molecule has 1 aromatic carbocycles. The van der Waals surface area contributed by atoms with Gasteiger partial charge in [-0.15, -0.1) is 24.0 Å². The maximum Gasteiger partial charge on any atom is 0.231 e. The molecular weight excluding hydrogens is 461 g/mol. The Hall–Kier alpha value is -0.830. The number of hydrogen-bond donors (Lipinski definition) is 1. The lowest BCUT2D eigenvalue weighted by molar-refractivity contribution is 0.174. The number of rotatable bonds is 3. The summed E-state index contributed by atoms with van der Waals surface area (Å²) in [6.45, 7) is 7.97. The Kier molecular flexibility index (Phi) is 5.86. The van der Waals surface area contributed by atoms with Crippen molar-refractivity contribution in [3.05, 3.63) is 23.8 Å². The number of ether oxygens (including phenoxy) is 2. The molecule has 0 bridgehead atoms. The quantitative estimate of drug-likeness (QED) is 0.401. The molecular formula is C19H28IN3O2S. The van der Waals surface area contributed by atoms with Crippen LogP contribution in [-0.2, 0) is 5.41 Å². The van der Waals surface area contributed by atoms with Crippen molar-refractivity contribution in [1.82, 2.24) is 10.2 Å². The molecule has 1 saturated heterocycles. The van der Waals surface area contributed by atoms with E-state index in [1.165, 1.54) is 18.4 Å². The van der Waals surface area contributed by atoms with E-state index in [1.807, 2.05) is 24.9 Å². The second-order valence-electron chi connectivity index (χ2n) is 7.78. The molecule has 5 nitrogen and oxygen atoms in total. The van der Waals surface area contributed by atoms with Crippen LogP contribution in [0.25, 0.3) is 0 Å². The van der Waals surface area contributed by atoms with Gasteiger partial charge < -0.3 is 19.7 Å². The predicted molar refractivity (Wildman–Crippen MR) is 118 cm³/mol. The van der Waals surface area contributed by atoms with Crippen LogP contribution >= 0.6 is 35.7 Å². The first-order valence-electron chi connectivity index (χ1n) is 9.01. The fourth-order valence-corrected chi connectivity index (χ4v) is 4.83. The Morgan fingerprint density at radius 1 is 1.27 bits per heavy atom. The predicted octanol–water partition coefficient (Wildman–Crippen LogP) is 3.47. The highest BCUT2D eigenvalue weighted by atomic mass is 127. The molecule has 0 radical (unpaired) electrons. The van der Waals surface area contributed by atoms with E-state index in [9.17, 15) is 0 Å². The van der Waals surface area contributed by atoms with Crippen molar-refractivity contribution in [2.75, 3.05) is 39.2 Å². The van der Waals surface area contributed by atoms with E-state index in [4.69, 9.17) is 9.47 Å². The molecule has 144 valence electrons. The topological polar surface area (TPSA) is 46.1 Å². The van der Waals surface area contributed by atoms with Crippen LogP contribution in [0.3, 0.4) is 0 Å². The molecule has 0 amide bonds. The monoisotopic (exact) mass is 489 g/mol. The lowest BCUT2D eigenvalue weighted by Crippen LogP contribution is -2.52. The molecule has 7 heteroatoms. The van der Waals surface area contributed by atoms with E-state index in [2.05, 4.69) is 41.2 Å². The number of fused-ring (bicyclic) bond motifs is 1. The van der Waals surface area contributed by atoms with Gasteiger partial charge in [0.2, 0.25) is 6.79 Å². The van der Waals surface area contributed by atoms with Crippen LogP contribution in [-0.4, -0.2) is 54.8 Å². The van der Waals surface area contributed by atoms with Gasteiger partial charge in [-0.2, -0.15) is 11.8 Å². The normalized spacial score (nSPS) is 22.6. The molecule has 1 aliphatic carbocycles. The average molecular weight is 489 g/mol. The fourth-order valence-electron chi connectivity index (χ4n) is 3.72. The van der Waals surface area contributed by atoms with Gasteiger partial charge in [-0.25, -0.2) is 0 Å². The van der Waals surface area contributed by atoms with Gasteiger partial charge in [0.05, 0.1) is 0 Å². The number of benzene rings is 1. The summed E-state index contributed by atoms with van der Waals surface area (Å²) in [4.78, 5) is 6.93. The zero-order chi connectivity index (χ0) is 17.5. The lowest BCUT2D eigenvalue weighted by Gasteiger charge is -2.39. The number of hydrogen-bond acceptors (Lipinski definition) is 4. The Labute approximate surface area is 177 Å². The van der Waals surface area contributed by atoms with Crippen molar-refractivity contribution in [2.24, 2.45) is 4.99 Å². The summed E-state index contributed by atoms with van der Waals surface area (Å²) in [6, 6.07) is 6.38. The zero-order valence-electron chi connectivity index (χ0n) is 15.7. The van der Waals surface area contributed by atoms with E-state index in [-0.39, 0.29) is 34.1 Å². The Balaban J connectivity index is 0.00000196. The molecule has 2 aliphatic heterocycles. The van der Waals surface area contributed by atoms with Gasteiger partial charge in [0, 0.05) is 42.6 Å². The van der Waals surface area contributed by atoms with Crippen LogP contribution < -0.4 is 14.8 Å². The smallest absolute Gasteiger partial charge is 0.231 e. The van der Waals surface area contributed by atoms with Crippen molar-refractivity contribution < 1.29 is 9.47 Å².